The van der Waals surface area contributed by atoms with Crippen molar-refractivity contribution in [3.05, 3.63) is 107 Å². The molecular formula is C23H15ClF3N3O. The lowest BCUT2D eigenvalue weighted by Gasteiger charge is -2.22. The highest BCUT2D eigenvalue weighted by Crippen LogP contribution is 2.35. The highest BCUT2D eigenvalue weighted by atomic mass is 35.5. The standard InChI is InChI=1S/C23H15ClF3N3O/c24-17-9-7-15(8-10-17)20(21-18(23(25,26)27)4-2-12-29-21)30-22(31)16-6-5-14-3-1-11-28-19(14)13-16/h1-13,20H,(H,30,31). The van der Waals surface area contributed by atoms with E-state index in [1.165, 1.54) is 12.3 Å². The van der Waals surface area contributed by atoms with Gasteiger partial charge in [0.05, 0.1) is 22.8 Å². The molecule has 1 N–H and O–H groups in total. The monoisotopic (exact) mass is 441 g/mol. The topological polar surface area (TPSA) is 54.9 Å². The number of rotatable bonds is 4. The van der Waals surface area contributed by atoms with Crippen LogP contribution in [-0.2, 0) is 6.18 Å². The normalized spacial score (nSPS) is 12.5. The van der Waals surface area contributed by atoms with Crippen LogP contribution in [0.15, 0.2) is 79.1 Å². The minimum absolute atomic E-state index is 0.273. The number of carbonyl (C=O) groups excluding carboxylic acids is 1. The highest BCUT2D eigenvalue weighted by molar-refractivity contribution is 6.30. The first kappa shape index (κ1) is 20.8. The molecule has 1 unspecified atom stereocenters. The molecule has 0 saturated heterocycles. The lowest BCUT2D eigenvalue weighted by atomic mass is 9.98. The van der Waals surface area contributed by atoms with Crippen molar-refractivity contribution in [1.82, 2.24) is 15.3 Å². The summed E-state index contributed by atoms with van der Waals surface area (Å²) >= 11 is 5.93. The molecule has 156 valence electrons. The number of benzene rings is 2. The van der Waals surface area contributed by atoms with E-state index < -0.39 is 23.7 Å². The Hall–Kier alpha value is -3.45. The van der Waals surface area contributed by atoms with Gasteiger partial charge < -0.3 is 5.32 Å². The number of alkyl halides is 3. The lowest BCUT2D eigenvalue weighted by molar-refractivity contribution is -0.138. The Morgan fingerprint density at radius 2 is 1.65 bits per heavy atom. The minimum Gasteiger partial charge on any atom is -0.340 e. The van der Waals surface area contributed by atoms with Crippen LogP contribution in [0.25, 0.3) is 10.9 Å². The van der Waals surface area contributed by atoms with Crippen molar-refractivity contribution in [2.24, 2.45) is 0 Å². The van der Waals surface area contributed by atoms with Gasteiger partial charge in [-0.15, -0.1) is 0 Å². The Labute approximate surface area is 180 Å². The second-order valence-corrected chi connectivity index (χ2v) is 7.24. The van der Waals surface area contributed by atoms with Crippen LogP contribution >= 0.6 is 11.6 Å². The van der Waals surface area contributed by atoms with Gasteiger partial charge in [0.15, 0.2) is 0 Å². The largest absolute Gasteiger partial charge is 0.418 e. The second kappa shape index (κ2) is 8.35. The van der Waals surface area contributed by atoms with E-state index in [-0.39, 0.29) is 11.3 Å². The van der Waals surface area contributed by atoms with Gasteiger partial charge in [-0.3, -0.25) is 14.8 Å². The number of nitrogens with zero attached hydrogens (tertiary/aromatic N) is 2. The molecule has 8 heteroatoms. The van der Waals surface area contributed by atoms with E-state index in [1.54, 1.807) is 54.7 Å². The Kier molecular flexibility index (Phi) is 5.61. The van der Waals surface area contributed by atoms with Gasteiger partial charge >= 0.3 is 6.18 Å². The first-order chi connectivity index (χ1) is 14.8. The number of amides is 1. The van der Waals surface area contributed by atoms with E-state index >= 15 is 0 Å². The molecule has 0 spiro atoms. The fraction of sp³-hybridized carbons (Fsp3) is 0.0870. The zero-order valence-corrected chi connectivity index (χ0v) is 16.7. The summed E-state index contributed by atoms with van der Waals surface area (Å²) in [6.45, 7) is 0. The zero-order chi connectivity index (χ0) is 22.0. The predicted octanol–water partition coefficient (Wildman–Crippen LogP) is 5.82. The smallest absolute Gasteiger partial charge is 0.340 e. The van der Waals surface area contributed by atoms with Gasteiger partial charge in [-0.1, -0.05) is 35.9 Å². The molecule has 0 aliphatic heterocycles. The van der Waals surface area contributed by atoms with Gasteiger partial charge in [-0.05, 0) is 48.0 Å². The maximum atomic E-state index is 13.6. The van der Waals surface area contributed by atoms with Crippen LogP contribution in [-0.4, -0.2) is 15.9 Å². The van der Waals surface area contributed by atoms with Crippen LogP contribution in [0, 0.1) is 0 Å². The molecule has 4 aromatic rings. The number of hydrogen-bond acceptors (Lipinski definition) is 3. The van der Waals surface area contributed by atoms with Crippen LogP contribution in [0.3, 0.4) is 0 Å². The van der Waals surface area contributed by atoms with Gasteiger partial charge in [0, 0.05) is 28.4 Å². The molecule has 2 heterocycles. The zero-order valence-electron chi connectivity index (χ0n) is 15.9. The molecule has 1 amide bonds. The van der Waals surface area contributed by atoms with E-state index in [2.05, 4.69) is 15.3 Å². The number of hydrogen-bond donors (Lipinski definition) is 1. The summed E-state index contributed by atoms with van der Waals surface area (Å²) in [7, 11) is 0. The molecule has 4 rings (SSSR count). The van der Waals surface area contributed by atoms with Gasteiger partial charge in [-0.25, -0.2) is 0 Å². The Morgan fingerprint density at radius 1 is 0.935 bits per heavy atom. The van der Waals surface area contributed by atoms with Crippen molar-refractivity contribution in [2.45, 2.75) is 12.2 Å². The van der Waals surface area contributed by atoms with E-state index in [1.807, 2.05) is 6.07 Å². The van der Waals surface area contributed by atoms with Crippen LogP contribution in [0.4, 0.5) is 13.2 Å². The van der Waals surface area contributed by atoms with Crippen molar-refractivity contribution in [2.75, 3.05) is 0 Å². The average molecular weight is 442 g/mol. The van der Waals surface area contributed by atoms with Crippen LogP contribution in [0.1, 0.15) is 33.2 Å². The quantitative estimate of drug-likeness (QED) is 0.434. The molecule has 0 fully saturated rings. The van der Waals surface area contributed by atoms with E-state index in [9.17, 15) is 18.0 Å². The van der Waals surface area contributed by atoms with Gasteiger partial charge in [0.2, 0.25) is 0 Å². The number of nitrogens with one attached hydrogen (secondary N) is 1. The third-order valence-corrected chi connectivity index (χ3v) is 5.02. The maximum absolute atomic E-state index is 13.6. The lowest BCUT2D eigenvalue weighted by Crippen LogP contribution is -2.31. The Bertz CT molecular complexity index is 1240. The molecular weight excluding hydrogens is 427 g/mol. The minimum atomic E-state index is -4.63. The molecule has 0 radical (unpaired) electrons. The number of carbonyl (C=O) groups is 1. The summed E-state index contributed by atoms with van der Waals surface area (Å²) in [5, 5.41) is 3.96. The molecule has 2 aromatic heterocycles. The molecule has 4 nitrogen and oxygen atoms in total. The van der Waals surface area contributed by atoms with Crippen molar-refractivity contribution in [3.63, 3.8) is 0 Å². The first-order valence-electron chi connectivity index (χ1n) is 9.26. The van der Waals surface area contributed by atoms with E-state index in [4.69, 9.17) is 11.6 Å². The fourth-order valence-corrected chi connectivity index (χ4v) is 3.40. The third kappa shape index (κ3) is 4.51. The summed E-state index contributed by atoms with van der Waals surface area (Å²) in [6, 6.07) is 15.8. The summed E-state index contributed by atoms with van der Waals surface area (Å²) < 4.78 is 40.9. The van der Waals surface area contributed by atoms with E-state index in [0.717, 1.165) is 11.5 Å². The molecule has 1 atom stereocenters. The van der Waals surface area contributed by atoms with Gasteiger partial charge in [0.25, 0.3) is 5.91 Å². The van der Waals surface area contributed by atoms with Crippen molar-refractivity contribution >= 4 is 28.4 Å². The number of halogens is 4. The molecule has 0 aliphatic rings. The second-order valence-electron chi connectivity index (χ2n) is 6.80. The number of aromatic nitrogens is 2. The maximum Gasteiger partial charge on any atom is 0.418 e. The summed E-state index contributed by atoms with van der Waals surface area (Å²) in [4.78, 5) is 21.2. The molecule has 0 bridgehead atoms. The molecule has 0 saturated carbocycles. The number of fused-ring (bicyclic) bond motifs is 1. The molecule has 31 heavy (non-hydrogen) atoms. The third-order valence-electron chi connectivity index (χ3n) is 4.76. The molecule has 0 aliphatic carbocycles. The fourth-order valence-electron chi connectivity index (χ4n) is 3.27. The Balaban J connectivity index is 1.76. The van der Waals surface area contributed by atoms with Crippen LogP contribution in [0.2, 0.25) is 5.02 Å². The highest BCUT2D eigenvalue weighted by Gasteiger charge is 2.37. The predicted molar refractivity (Wildman–Crippen MR) is 112 cm³/mol. The number of pyridine rings is 2. The van der Waals surface area contributed by atoms with Gasteiger partial charge in [0.1, 0.15) is 0 Å². The SMILES string of the molecule is O=C(NC(c1ccc(Cl)cc1)c1ncccc1C(F)(F)F)c1ccc2cccnc2c1. The van der Waals surface area contributed by atoms with Crippen molar-refractivity contribution in [1.29, 1.82) is 0 Å². The van der Waals surface area contributed by atoms with Gasteiger partial charge in [-0.2, -0.15) is 13.2 Å². The van der Waals surface area contributed by atoms with Crippen molar-refractivity contribution < 1.29 is 18.0 Å². The first-order valence-corrected chi connectivity index (χ1v) is 9.64. The van der Waals surface area contributed by atoms with Crippen LogP contribution in [0.5, 0.6) is 0 Å². The summed E-state index contributed by atoms with van der Waals surface area (Å²) in [5.74, 6) is -0.550. The van der Waals surface area contributed by atoms with Crippen molar-refractivity contribution in [3.8, 4) is 0 Å². The summed E-state index contributed by atoms with van der Waals surface area (Å²) in [6.07, 6.45) is -1.77. The Morgan fingerprint density at radius 3 is 2.39 bits per heavy atom. The summed E-state index contributed by atoms with van der Waals surface area (Å²) in [5.41, 5.74) is 0.0718. The van der Waals surface area contributed by atoms with E-state index in [0.29, 0.717) is 16.1 Å². The average Bonchev–Trinajstić information content (AvgIpc) is 2.77. The van der Waals surface area contributed by atoms with Crippen LogP contribution < -0.4 is 5.32 Å². The molecule has 2 aromatic carbocycles.